The van der Waals surface area contributed by atoms with Crippen molar-refractivity contribution in [2.75, 3.05) is 6.61 Å². The number of carbonyl (C=O) groups is 1. The summed E-state index contributed by atoms with van der Waals surface area (Å²) in [6, 6.07) is 4.06. The molecule has 0 aliphatic carbocycles. The highest BCUT2D eigenvalue weighted by Gasteiger charge is 2.00. The van der Waals surface area contributed by atoms with E-state index in [1.165, 1.54) is 17.3 Å². The molecule has 0 saturated heterocycles. The number of hydrogen-bond acceptors (Lipinski definition) is 3. The van der Waals surface area contributed by atoms with Crippen molar-refractivity contribution in [3.8, 4) is 0 Å². The molecule has 0 aliphatic heterocycles. The summed E-state index contributed by atoms with van der Waals surface area (Å²) >= 11 is 0. The standard InChI is InChI=1S/C12H15NO3/c1-8-4-10(3)11(5-9(8)2)6-13-16-7-12(14)15/h4-6H,7H2,1-3H3,(H,14,15). The maximum Gasteiger partial charge on any atom is 0.344 e. The van der Waals surface area contributed by atoms with Crippen LogP contribution in [0.15, 0.2) is 17.3 Å². The van der Waals surface area contributed by atoms with Gasteiger partial charge in [0.05, 0.1) is 6.21 Å². The molecule has 4 nitrogen and oxygen atoms in total. The molecule has 0 aliphatic rings. The van der Waals surface area contributed by atoms with Crippen LogP contribution in [0, 0.1) is 20.8 Å². The Hall–Kier alpha value is -1.84. The van der Waals surface area contributed by atoms with Crippen LogP contribution in [-0.4, -0.2) is 23.9 Å². The minimum absolute atomic E-state index is 0.416. The van der Waals surface area contributed by atoms with Crippen LogP contribution in [0.2, 0.25) is 0 Å². The van der Waals surface area contributed by atoms with Crippen molar-refractivity contribution in [2.45, 2.75) is 20.8 Å². The second kappa shape index (κ2) is 5.30. The highest BCUT2D eigenvalue weighted by atomic mass is 16.6. The largest absolute Gasteiger partial charge is 0.479 e. The van der Waals surface area contributed by atoms with Crippen LogP contribution in [0.25, 0.3) is 0 Å². The first-order chi connectivity index (χ1) is 7.50. The molecule has 0 amide bonds. The minimum atomic E-state index is -1.03. The number of nitrogens with zero attached hydrogens (tertiary/aromatic N) is 1. The average molecular weight is 221 g/mol. The predicted molar refractivity (Wildman–Crippen MR) is 61.8 cm³/mol. The minimum Gasteiger partial charge on any atom is -0.479 e. The van der Waals surface area contributed by atoms with Gasteiger partial charge in [0.1, 0.15) is 0 Å². The summed E-state index contributed by atoms with van der Waals surface area (Å²) in [5.74, 6) is -1.03. The Morgan fingerprint density at radius 1 is 1.31 bits per heavy atom. The lowest BCUT2D eigenvalue weighted by molar-refractivity contribution is -0.142. The van der Waals surface area contributed by atoms with Gasteiger partial charge in [-0.15, -0.1) is 0 Å². The topological polar surface area (TPSA) is 58.9 Å². The summed E-state index contributed by atoms with van der Waals surface area (Å²) in [6.45, 7) is 5.62. The van der Waals surface area contributed by atoms with Gasteiger partial charge in [-0.05, 0) is 49.1 Å². The van der Waals surface area contributed by atoms with E-state index in [0.717, 1.165) is 11.1 Å². The zero-order chi connectivity index (χ0) is 12.1. The first-order valence-electron chi connectivity index (χ1n) is 4.95. The highest BCUT2D eigenvalue weighted by molar-refractivity contribution is 5.81. The summed E-state index contributed by atoms with van der Waals surface area (Å²) < 4.78 is 0. The summed E-state index contributed by atoms with van der Waals surface area (Å²) in [7, 11) is 0. The van der Waals surface area contributed by atoms with Crippen molar-refractivity contribution in [3.63, 3.8) is 0 Å². The number of benzene rings is 1. The molecule has 0 bridgehead atoms. The maximum atomic E-state index is 10.2. The van der Waals surface area contributed by atoms with Gasteiger partial charge in [0, 0.05) is 0 Å². The molecule has 4 heteroatoms. The second-order valence-electron chi connectivity index (χ2n) is 3.69. The van der Waals surface area contributed by atoms with Gasteiger partial charge in [-0.2, -0.15) is 0 Å². The van der Waals surface area contributed by atoms with E-state index in [-0.39, 0.29) is 0 Å². The van der Waals surface area contributed by atoms with Gasteiger partial charge in [0.15, 0.2) is 0 Å². The predicted octanol–water partition coefficient (Wildman–Crippen LogP) is 2.05. The number of rotatable bonds is 4. The molecule has 0 aromatic heterocycles. The van der Waals surface area contributed by atoms with Gasteiger partial charge in [-0.3, -0.25) is 0 Å². The van der Waals surface area contributed by atoms with Crippen LogP contribution >= 0.6 is 0 Å². The fourth-order valence-electron chi connectivity index (χ4n) is 1.31. The normalized spacial score (nSPS) is 10.7. The molecule has 0 radical (unpaired) electrons. The zero-order valence-corrected chi connectivity index (χ0v) is 9.65. The molecule has 16 heavy (non-hydrogen) atoms. The van der Waals surface area contributed by atoms with Crippen LogP contribution in [0.4, 0.5) is 0 Å². The molecule has 0 unspecified atom stereocenters. The van der Waals surface area contributed by atoms with E-state index in [1.807, 2.05) is 26.8 Å². The van der Waals surface area contributed by atoms with Gasteiger partial charge in [-0.25, -0.2) is 4.79 Å². The SMILES string of the molecule is Cc1cc(C)c(C=NOCC(=O)O)cc1C. The molecule has 0 spiro atoms. The van der Waals surface area contributed by atoms with E-state index in [4.69, 9.17) is 5.11 Å². The monoisotopic (exact) mass is 221 g/mol. The third-order valence-corrected chi connectivity index (χ3v) is 2.34. The Morgan fingerprint density at radius 2 is 1.94 bits per heavy atom. The van der Waals surface area contributed by atoms with Crippen LogP contribution in [0.3, 0.4) is 0 Å². The number of aryl methyl sites for hydroxylation is 3. The molecule has 1 aromatic carbocycles. The first-order valence-corrected chi connectivity index (χ1v) is 4.95. The highest BCUT2D eigenvalue weighted by Crippen LogP contribution is 2.13. The lowest BCUT2D eigenvalue weighted by Crippen LogP contribution is -2.03. The molecule has 1 aromatic rings. The Kier molecular flexibility index (Phi) is 4.05. The van der Waals surface area contributed by atoms with Crippen molar-refractivity contribution in [1.82, 2.24) is 0 Å². The zero-order valence-electron chi connectivity index (χ0n) is 9.65. The first kappa shape index (κ1) is 12.2. The van der Waals surface area contributed by atoms with E-state index in [1.54, 1.807) is 0 Å². The molecular weight excluding hydrogens is 206 g/mol. The van der Waals surface area contributed by atoms with Gasteiger partial charge in [0.2, 0.25) is 6.61 Å². The Balaban J connectivity index is 2.73. The molecule has 0 saturated carbocycles. The number of carboxylic acid groups (broad SMARTS) is 1. The molecule has 0 heterocycles. The molecule has 0 fully saturated rings. The summed E-state index contributed by atoms with van der Waals surface area (Å²) in [5, 5.41) is 12.0. The molecule has 0 atom stereocenters. The van der Waals surface area contributed by atoms with Gasteiger partial charge < -0.3 is 9.94 Å². The average Bonchev–Trinajstić information content (AvgIpc) is 2.19. The van der Waals surface area contributed by atoms with Crippen LogP contribution in [0.1, 0.15) is 22.3 Å². The molecule has 86 valence electrons. The second-order valence-corrected chi connectivity index (χ2v) is 3.69. The smallest absolute Gasteiger partial charge is 0.344 e. The van der Waals surface area contributed by atoms with Crippen molar-refractivity contribution in [1.29, 1.82) is 0 Å². The van der Waals surface area contributed by atoms with Crippen molar-refractivity contribution in [2.24, 2.45) is 5.16 Å². The summed E-state index contributed by atoms with van der Waals surface area (Å²) in [4.78, 5) is 14.8. The fourth-order valence-corrected chi connectivity index (χ4v) is 1.31. The van der Waals surface area contributed by atoms with Gasteiger partial charge >= 0.3 is 5.97 Å². The molecular formula is C12H15NO3. The van der Waals surface area contributed by atoms with Crippen molar-refractivity contribution in [3.05, 3.63) is 34.4 Å². The van der Waals surface area contributed by atoms with Gasteiger partial charge in [0.25, 0.3) is 0 Å². The summed E-state index contributed by atoms with van der Waals surface area (Å²) in [5.41, 5.74) is 4.42. The van der Waals surface area contributed by atoms with E-state index in [2.05, 4.69) is 16.1 Å². The van der Waals surface area contributed by atoms with Crippen LogP contribution in [0.5, 0.6) is 0 Å². The van der Waals surface area contributed by atoms with Crippen molar-refractivity contribution >= 4 is 12.2 Å². The van der Waals surface area contributed by atoms with Crippen LogP contribution in [-0.2, 0) is 9.63 Å². The van der Waals surface area contributed by atoms with E-state index < -0.39 is 12.6 Å². The Bertz CT molecular complexity index is 425. The Labute approximate surface area is 94.5 Å². The third-order valence-electron chi connectivity index (χ3n) is 2.34. The van der Waals surface area contributed by atoms with Crippen LogP contribution < -0.4 is 0 Å². The summed E-state index contributed by atoms with van der Waals surface area (Å²) in [6.07, 6.45) is 1.53. The molecule has 1 N–H and O–H groups in total. The quantitative estimate of drug-likeness (QED) is 0.625. The lowest BCUT2D eigenvalue weighted by Gasteiger charge is -2.05. The molecule has 1 rings (SSSR count). The number of aliphatic carboxylic acids is 1. The van der Waals surface area contributed by atoms with Crippen molar-refractivity contribution < 1.29 is 14.7 Å². The maximum absolute atomic E-state index is 10.2. The Morgan fingerprint density at radius 3 is 2.56 bits per heavy atom. The number of carboxylic acids is 1. The van der Waals surface area contributed by atoms with Gasteiger partial charge in [-0.1, -0.05) is 11.2 Å². The number of oxime groups is 1. The lowest BCUT2D eigenvalue weighted by atomic mass is 10.0. The fraction of sp³-hybridized carbons (Fsp3) is 0.333. The van der Waals surface area contributed by atoms with E-state index >= 15 is 0 Å². The van der Waals surface area contributed by atoms with E-state index in [0.29, 0.717) is 0 Å². The van der Waals surface area contributed by atoms with E-state index in [9.17, 15) is 4.79 Å². The number of hydrogen-bond donors (Lipinski definition) is 1. The third kappa shape index (κ3) is 3.38.